The van der Waals surface area contributed by atoms with E-state index < -0.39 is 5.54 Å². The van der Waals surface area contributed by atoms with Gasteiger partial charge in [-0.15, -0.1) is 0 Å². The average Bonchev–Trinajstić information content (AvgIpc) is 3.28. The molecule has 30 heavy (non-hydrogen) atoms. The maximum absolute atomic E-state index is 12.9. The standard InChI is InChI=1S/C22H24N4O4/c1-22(2,26-14-17(12-25-26)16-9-18(28-3)13-23-11-16)21(27)24-10-15-4-5-19-20(8-15)30-7-6-29-19/h4-5,8-9,11-14H,6-7,10H2,1-3H3,(H,24,27). The summed E-state index contributed by atoms with van der Waals surface area (Å²) in [6.45, 7) is 5.11. The maximum Gasteiger partial charge on any atom is 0.247 e. The third kappa shape index (κ3) is 3.94. The first-order chi connectivity index (χ1) is 14.5. The Bertz CT molecular complexity index is 1060. The first-order valence-corrected chi connectivity index (χ1v) is 9.69. The summed E-state index contributed by atoms with van der Waals surface area (Å²) < 4.78 is 18.0. The molecule has 3 heterocycles. The second-order valence-electron chi connectivity index (χ2n) is 7.51. The lowest BCUT2D eigenvalue weighted by Gasteiger charge is -2.24. The molecule has 1 amide bonds. The van der Waals surface area contributed by atoms with Crippen molar-refractivity contribution in [1.82, 2.24) is 20.1 Å². The molecule has 0 radical (unpaired) electrons. The highest BCUT2D eigenvalue weighted by atomic mass is 16.6. The molecular weight excluding hydrogens is 384 g/mol. The van der Waals surface area contributed by atoms with E-state index in [2.05, 4.69) is 15.4 Å². The number of rotatable bonds is 6. The molecule has 4 rings (SSSR count). The number of benzene rings is 1. The topological polar surface area (TPSA) is 87.5 Å². The average molecular weight is 408 g/mol. The number of amides is 1. The van der Waals surface area contributed by atoms with Gasteiger partial charge in [-0.25, -0.2) is 0 Å². The minimum absolute atomic E-state index is 0.143. The van der Waals surface area contributed by atoms with Gasteiger partial charge >= 0.3 is 0 Å². The van der Waals surface area contributed by atoms with Crippen LogP contribution in [-0.4, -0.2) is 41.0 Å². The van der Waals surface area contributed by atoms with Crippen molar-refractivity contribution in [3.63, 3.8) is 0 Å². The Kier molecular flexibility index (Phi) is 5.31. The van der Waals surface area contributed by atoms with Crippen LogP contribution in [0.2, 0.25) is 0 Å². The highest BCUT2D eigenvalue weighted by Gasteiger charge is 2.30. The van der Waals surface area contributed by atoms with Crippen molar-refractivity contribution >= 4 is 5.91 Å². The Labute approximate surface area is 174 Å². The number of carbonyl (C=O) groups is 1. The monoisotopic (exact) mass is 408 g/mol. The predicted molar refractivity (Wildman–Crippen MR) is 111 cm³/mol. The van der Waals surface area contributed by atoms with E-state index in [-0.39, 0.29) is 5.91 Å². The summed E-state index contributed by atoms with van der Waals surface area (Å²) in [7, 11) is 1.60. The summed E-state index contributed by atoms with van der Waals surface area (Å²) in [6, 6.07) is 7.55. The number of nitrogens with zero attached hydrogens (tertiary/aromatic N) is 3. The highest BCUT2D eigenvalue weighted by molar-refractivity contribution is 5.83. The second kappa shape index (κ2) is 8.06. The van der Waals surface area contributed by atoms with Crippen molar-refractivity contribution in [2.24, 2.45) is 0 Å². The van der Waals surface area contributed by atoms with Gasteiger partial charge in [-0.1, -0.05) is 6.07 Å². The summed E-state index contributed by atoms with van der Waals surface area (Å²) in [5.74, 6) is 1.95. The zero-order valence-electron chi connectivity index (χ0n) is 17.2. The largest absolute Gasteiger partial charge is 0.495 e. The summed E-state index contributed by atoms with van der Waals surface area (Å²) in [5, 5.41) is 7.39. The van der Waals surface area contributed by atoms with Crippen LogP contribution in [0.25, 0.3) is 11.1 Å². The molecule has 8 heteroatoms. The van der Waals surface area contributed by atoms with E-state index in [1.165, 1.54) is 0 Å². The van der Waals surface area contributed by atoms with E-state index in [0.29, 0.717) is 31.3 Å². The van der Waals surface area contributed by atoms with Crippen LogP contribution in [0.1, 0.15) is 19.4 Å². The number of aromatic nitrogens is 3. The zero-order chi connectivity index (χ0) is 21.1. The van der Waals surface area contributed by atoms with Gasteiger partial charge in [0.2, 0.25) is 5.91 Å². The highest BCUT2D eigenvalue weighted by Crippen LogP contribution is 2.31. The van der Waals surface area contributed by atoms with Crippen LogP contribution >= 0.6 is 0 Å². The van der Waals surface area contributed by atoms with Gasteiger partial charge in [0.15, 0.2) is 11.5 Å². The fourth-order valence-corrected chi connectivity index (χ4v) is 3.17. The van der Waals surface area contributed by atoms with Crippen molar-refractivity contribution < 1.29 is 19.0 Å². The number of methoxy groups -OCH3 is 1. The zero-order valence-corrected chi connectivity index (χ0v) is 17.2. The van der Waals surface area contributed by atoms with Crippen molar-refractivity contribution in [3.05, 3.63) is 54.6 Å². The second-order valence-corrected chi connectivity index (χ2v) is 7.51. The molecule has 1 aliphatic rings. The van der Waals surface area contributed by atoms with Crippen LogP contribution in [-0.2, 0) is 16.9 Å². The van der Waals surface area contributed by atoms with Gasteiger partial charge in [-0.2, -0.15) is 5.10 Å². The van der Waals surface area contributed by atoms with Gasteiger partial charge in [0, 0.05) is 30.1 Å². The molecule has 8 nitrogen and oxygen atoms in total. The number of fused-ring (bicyclic) bond motifs is 1. The summed E-state index contributed by atoms with van der Waals surface area (Å²) in [6.07, 6.45) is 6.93. The third-order valence-corrected chi connectivity index (χ3v) is 5.05. The fraction of sp³-hybridized carbons (Fsp3) is 0.318. The molecule has 0 fully saturated rings. The summed E-state index contributed by atoms with van der Waals surface area (Å²) in [4.78, 5) is 17.1. The molecule has 1 aliphatic heterocycles. The summed E-state index contributed by atoms with van der Waals surface area (Å²) in [5.41, 5.74) is 1.78. The number of carbonyl (C=O) groups excluding carboxylic acids is 1. The first-order valence-electron chi connectivity index (χ1n) is 9.69. The fourth-order valence-electron chi connectivity index (χ4n) is 3.17. The number of nitrogens with one attached hydrogen (secondary N) is 1. The van der Waals surface area contributed by atoms with Crippen molar-refractivity contribution in [1.29, 1.82) is 0 Å². The third-order valence-electron chi connectivity index (χ3n) is 5.05. The van der Waals surface area contributed by atoms with E-state index in [4.69, 9.17) is 14.2 Å². The quantitative estimate of drug-likeness (QED) is 0.675. The Morgan fingerprint density at radius 1 is 1.13 bits per heavy atom. The van der Waals surface area contributed by atoms with Crippen LogP contribution in [0, 0.1) is 0 Å². The van der Waals surface area contributed by atoms with Crippen LogP contribution in [0.15, 0.2) is 49.1 Å². The SMILES string of the molecule is COc1cncc(-c2cnn(C(C)(C)C(=O)NCc3ccc4c(c3)OCCO4)c2)c1. The Balaban J connectivity index is 1.45. The van der Waals surface area contributed by atoms with E-state index in [0.717, 1.165) is 22.4 Å². The minimum Gasteiger partial charge on any atom is -0.495 e. The minimum atomic E-state index is -0.877. The van der Waals surface area contributed by atoms with Crippen molar-refractivity contribution in [2.45, 2.75) is 25.9 Å². The predicted octanol–water partition coefficient (Wildman–Crippen LogP) is 2.78. The van der Waals surface area contributed by atoms with Gasteiger partial charge in [0.1, 0.15) is 24.5 Å². The van der Waals surface area contributed by atoms with Gasteiger partial charge < -0.3 is 19.5 Å². The lowest BCUT2D eigenvalue weighted by Crippen LogP contribution is -2.44. The van der Waals surface area contributed by atoms with Gasteiger partial charge in [-0.3, -0.25) is 14.5 Å². The van der Waals surface area contributed by atoms with Crippen molar-refractivity contribution in [2.75, 3.05) is 20.3 Å². The molecule has 3 aromatic rings. The normalized spacial score (nSPS) is 13.0. The molecule has 1 aromatic carbocycles. The molecule has 2 aromatic heterocycles. The Morgan fingerprint density at radius 3 is 2.73 bits per heavy atom. The van der Waals surface area contributed by atoms with Gasteiger partial charge in [0.05, 0.1) is 19.5 Å². The Morgan fingerprint density at radius 2 is 1.93 bits per heavy atom. The summed E-state index contributed by atoms with van der Waals surface area (Å²) >= 11 is 0. The molecular formula is C22H24N4O4. The van der Waals surface area contributed by atoms with Gasteiger partial charge in [0.25, 0.3) is 0 Å². The van der Waals surface area contributed by atoms with E-state index in [1.54, 1.807) is 30.4 Å². The Hall–Kier alpha value is -3.55. The molecule has 0 aliphatic carbocycles. The van der Waals surface area contributed by atoms with Gasteiger partial charge in [-0.05, 0) is 37.6 Å². The molecule has 0 spiro atoms. The maximum atomic E-state index is 12.9. The number of pyridine rings is 1. The number of hydrogen-bond acceptors (Lipinski definition) is 6. The van der Waals surface area contributed by atoms with Crippen LogP contribution in [0.4, 0.5) is 0 Å². The van der Waals surface area contributed by atoms with E-state index in [9.17, 15) is 4.79 Å². The molecule has 0 saturated heterocycles. The van der Waals surface area contributed by atoms with Crippen LogP contribution < -0.4 is 19.5 Å². The first kappa shape index (κ1) is 19.8. The molecule has 0 unspecified atom stereocenters. The molecule has 0 saturated carbocycles. The smallest absolute Gasteiger partial charge is 0.247 e. The van der Waals surface area contributed by atoms with Crippen LogP contribution in [0.3, 0.4) is 0 Å². The molecule has 0 atom stereocenters. The van der Waals surface area contributed by atoms with Crippen LogP contribution in [0.5, 0.6) is 17.2 Å². The molecule has 0 bridgehead atoms. The van der Waals surface area contributed by atoms with Crippen molar-refractivity contribution in [3.8, 4) is 28.4 Å². The lowest BCUT2D eigenvalue weighted by molar-refractivity contribution is -0.129. The molecule has 1 N–H and O–H groups in total. The van der Waals surface area contributed by atoms with E-state index >= 15 is 0 Å². The van der Waals surface area contributed by atoms with E-state index in [1.807, 2.05) is 44.3 Å². The molecule has 156 valence electrons. The number of hydrogen-bond donors (Lipinski definition) is 1. The number of ether oxygens (including phenoxy) is 3. The lowest BCUT2D eigenvalue weighted by atomic mass is 10.0.